The zero-order chi connectivity index (χ0) is 9.97. The summed E-state index contributed by atoms with van der Waals surface area (Å²) in [6.07, 6.45) is 1.77. The van der Waals surface area contributed by atoms with Crippen LogP contribution in [0.15, 0.2) is 36.5 Å². The van der Waals surface area contributed by atoms with E-state index in [9.17, 15) is 0 Å². The van der Waals surface area contributed by atoms with E-state index in [-0.39, 0.29) is 0 Å². The lowest BCUT2D eigenvalue weighted by Gasteiger charge is -2.08. The average molecular weight is 188 g/mol. The van der Waals surface area contributed by atoms with Gasteiger partial charge in [-0.1, -0.05) is 18.2 Å². The monoisotopic (exact) mass is 188 g/mol. The van der Waals surface area contributed by atoms with E-state index < -0.39 is 0 Å². The van der Waals surface area contributed by atoms with Crippen molar-refractivity contribution in [2.45, 2.75) is 6.54 Å². The van der Waals surface area contributed by atoms with Crippen LogP contribution in [0.3, 0.4) is 0 Å². The Labute approximate surface area is 82.6 Å². The molecule has 0 saturated carbocycles. The molecule has 0 aliphatic carbocycles. The van der Waals surface area contributed by atoms with Crippen LogP contribution in [-0.4, -0.2) is 22.3 Å². The summed E-state index contributed by atoms with van der Waals surface area (Å²) in [5.41, 5.74) is 2.02. The molecule has 2 aromatic rings. The molecule has 1 N–H and O–H groups in total. The smallest absolute Gasteiger partial charge is 0.0705 e. The Balaban J connectivity index is 2.41. The summed E-state index contributed by atoms with van der Waals surface area (Å²) >= 11 is 0. The molecule has 0 fully saturated rings. The molecule has 0 aliphatic heterocycles. The second-order valence-corrected chi connectivity index (χ2v) is 3.35. The fraction of sp³-hybridized carbons (Fsp3) is 0.182. The van der Waals surface area contributed by atoms with E-state index in [0.29, 0.717) is 6.54 Å². The number of benzene rings is 1. The molecule has 3 heteroatoms. The van der Waals surface area contributed by atoms with Crippen LogP contribution in [0.5, 0.6) is 0 Å². The van der Waals surface area contributed by atoms with Crippen LogP contribution < -0.4 is 0 Å². The molecule has 0 unspecified atom stereocenters. The summed E-state index contributed by atoms with van der Waals surface area (Å²) in [4.78, 5) is 4.25. The summed E-state index contributed by atoms with van der Waals surface area (Å²) in [7, 11) is 1.63. The molecule has 1 aromatic carbocycles. The third kappa shape index (κ3) is 1.89. The third-order valence-corrected chi connectivity index (χ3v) is 2.08. The molecule has 1 heterocycles. The lowest BCUT2D eigenvalue weighted by molar-refractivity contribution is -0.0731. The second-order valence-electron chi connectivity index (χ2n) is 3.35. The molecule has 0 radical (unpaired) electrons. The Hall–Kier alpha value is -1.45. The van der Waals surface area contributed by atoms with Crippen molar-refractivity contribution in [3.05, 3.63) is 42.1 Å². The van der Waals surface area contributed by atoms with Crippen LogP contribution in [0.1, 0.15) is 5.56 Å². The molecular formula is C11H12N2O. The van der Waals surface area contributed by atoms with Gasteiger partial charge in [-0.3, -0.25) is 4.98 Å². The largest absolute Gasteiger partial charge is 0.314 e. The molecule has 0 amide bonds. The van der Waals surface area contributed by atoms with Crippen LogP contribution in [0, 0.1) is 0 Å². The van der Waals surface area contributed by atoms with Crippen molar-refractivity contribution in [1.29, 1.82) is 0 Å². The quantitative estimate of drug-likeness (QED) is 0.733. The number of pyridine rings is 1. The van der Waals surface area contributed by atoms with E-state index in [1.165, 1.54) is 0 Å². The molecule has 0 atom stereocenters. The Morgan fingerprint density at radius 1 is 1.36 bits per heavy atom. The number of hydroxylamine groups is 2. The van der Waals surface area contributed by atoms with Crippen molar-refractivity contribution in [2.24, 2.45) is 0 Å². The van der Waals surface area contributed by atoms with E-state index in [1.807, 2.05) is 30.3 Å². The van der Waals surface area contributed by atoms with Gasteiger partial charge in [0, 0.05) is 25.2 Å². The average Bonchev–Trinajstić information content (AvgIpc) is 2.17. The van der Waals surface area contributed by atoms with Crippen LogP contribution >= 0.6 is 0 Å². The van der Waals surface area contributed by atoms with Crippen LogP contribution in [0.25, 0.3) is 10.9 Å². The lowest BCUT2D eigenvalue weighted by atomic mass is 10.1. The molecule has 0 saturated heterocycles. The molecule has 0 spiro atoms. The van der Waals surface area contributed by atoms with Gasteiger partial charge in [0.05, 0.1) is 5.52 Å². The highest BCUT2D eigenvalue weighted by Gasteiger charge is 1.98. The molecule has 0 bridgehead atoms. The van der Waals surface area contributed by atoms with Crippen molar-refractivity contribution in [1.82, 2.24) is 10.0 Å². The van der Waals surface area contributed by atoms with E-state index in [2.05, 4.69) is 4.98 Å². The highest BCUT2D eigenvalue weighted by atomic mass is 16.5. The van der Waals surface area contributed by atoms with Crippen molar-refractivity contribution in [3.8, 4) is 0 Å². The zero-order valence-electron chi connectivity index (χ0n) is 8.01. The number of fused-ring (bicyclic) bond motifs is 1. The standard InChI is InChI=1S/C11H12N2O/c1-13(14)8-9-4-5-10-3-2-6-12-11(10)7-9/h2-7,14H,8H2,1H3. The van der Waals surface area contributed by atoms with Crippen LogP contribution in [0.2, 0.25) is 0 Å². The van der Waals surface area contributed by atoms with Gasteiger partial charge >= 0.3 is 0 Å². The maximum atomic E-state index is 9.09. The SMILES string of the molecule is CN(O)Cc1ccc2cccnc2c1. The first-order chi connectivity index (χ1) is 6.75. The van der Waals surface area contributed by atoms with Gasteiger partial charge in [0.2, 0.25) is 0 Å². The van der Waals surface area contributed by atoms with Crippen LogP contribution in [-0.2, 0) is 6.54 Å². The minimum absolute atomic E-state index is 0.520. The summed E-state index contributed by atoms with van der Waals surface area (Å²) in [5, 5.41) is 11.4. The molecule has 3 nitrogen and oxygen atoms in total. The predicted molar refractivity (Wildman–Crippen MR) is 55.0 cm³/mol. The van der Waals surface area contributed by atoms with Gasteiger partial charge in [0.15, 0.2) is 0 Å². The Morgan fingerprint density at radius 3 is 3.00 bits per heavy atom. The molecule has 72 valence electrons. The zero-order valence-corrected chi connectivity index (χ0v) is 8.01. The molecule has 1 aromatic heterocycles. The number of nitrogens with zero attached hydrogens (tertiary/aromatic N) is 2. The van der Waals surface area contributed by atoms with E-state index in [0.717, 1.165) is 21.5 Å². The fourth-order valence-corrected chi connectivity index (χ4v) is 1.47. The first-order valence-corrected chi connectivity index (χ1v) is 4.49. The summed E-state index contributed by atoms with van der Waals surface area (Å²) in [6, 6.07) is 9.94. The van der Waals surface area contributed by atoms with E-state index >= 15 is 0 Å². The van der Waals surface area contributed by atoms with Gasteiger partial charge in [-0.2, -0.15) is 5.06 Å². The van der Waals surface area contributed by atoms with Crippen molar-refractivity contribution < 1.29 is 5.21 Å². The van der Waals surface area contributed by atoms with E-state index in [1.54, 1.807) is 13.2 Å². The fourth-order valence-electron chi connectivity index (χ4n) is 1.47. The minimum atomic E-state index is 0.520. The molecule has 2 rings (SSSR count). The van der Waals surface area contributed by atoms with Gasteiger partial charge < -0.3 is 5.21 Å². The Bertz CT molecular complexity index is 440. The maximum Gasteiger partial charge on any atom is 0.0705 e. The molecule has 0 aliphatic rings. The predicted octanol–water partition coefficient (Wildman–Crippen LogP) is 2.06. The van der Waals surface area contributed by atoms with Gasteiger partial charge in [-0.15, -0.1) is 0 Å². The molecular weight excluding hydrogens is 176 g/mol. The van der Waals surface area contributed by atoms with Gasteiger partial charge in [0.1, 0.15) is 0 Å². The second kappa shape index (κ2) is 3.74. The van der Waals surface area contributed by atoms with Gasteiger partial charge in [-0.05, 0) is 17.7 Å². The van der Waals surface area contributed by atoms with Crippen molar-refractivity contribution >= 4 is 10.9 Å². The Morgan fingerprint density at radius 2 is 2.21 bits per heavy atom. The molecule has 14 heavy (non-hydrogen) atoms. The maximum absolute atomic E-state index is 9.09. The number of hydrogen-bond acceptors (Lipinski definition) is 3. The number of hydrogen-bond donors (Lipinski definition) is 1. The van der Waals surface area contributed by atoms with Gasteiger partial charge in [0.25, 0.3) is 0 Å². The first-order valence-electron chi connectivity index (χ1n) is 4.49. The number of rotatable bonds is 2. The summed E-state index contributed by atoms with van der Waals surface area (Å²) in [6.45, 7) is 0.520. The first kappa shape index (κ1) is 9.12. The van der Waals surface area contributed by atoms with Crippen molar-refractivity contribution in [2.75, 3.05) is 7.05 Å². The summed E-state index contributed by atoms with van der Waals surface area (Å²) in [5.74, 6) is 0. The normalized spacial score (nSPS) is 11.1. The Kier molecular flexibility index (Phi) is 2.43. The lowest BCUT2D eigenvalue weighted by Crippen LogP contribution is -2.11. The van der Waals surface area contributed by atoms with Crippen molar-refractivity contribution in [3.63, 3.8) is 0 Å². The summed E-state index contributed by atoms with van der Waals surface area (Å²) < 4.78 is 0. The topological polar surface area (TPSA) is 36.4 Å². The third-order valence-electron chi connectivity index (χ3n) is 2.08. The van der Waals surface area contributed by atoms with E-state index in [4.69, 9.17) is 5.21 Å². The minimum Gasteiger partial charge on any atom is -0.314 e. The van der Waals surface area contributed by atoms with Gasteiger partial charge in [-0.25, -0.2) is 0 Å². The highest BCUT2D eigenvalue weighted by molar-refractivity contribution is 5.78. The highest BCUT2D eigenvalue weighted by Crippen LogP contribution is 2.13. The van der Waals surface area contributed by atoms with Crippen LogP contribution in [0.4, 0.5) is 0 Å². The number of aromatic nitrogens is 1.